The van der Waals surface area contributed by atoms with E-state index in [1.165, 1.54) is 18.4 Å². The highest BCUT2D eigenvalue weighted by atomic mass is 16.3. The first-order chi connectivity index (χ1) is 7.27. The SMILES string of the molecule is Cc1c(O)cccc1CC1CCCNC1. The summed E-state index contributed by atoms with van der Waals surface area (Å²) < 4.78 is 0. The summed E-state index contributed by atoms with van der Waals surface area (Å²) in [7, 11) is 0. The molecule has 0 spiro atoms. The first kappa shape index (κ1) is 10.5. The molecule has 0 aliphatic carbocycles. The van der Waals surface area contributed by atoms with Crippen LogP contribution < -0.4 is 5.32 Å². The molecule has 1 saturated heterocycles. The van der Waals surface area contributed by atoms with Crippen LogP contribution in [0.1, 0.15) is 24.0 Å². The van der Waals surface area contributed by atoms with Crippen molar-refractivity contribution in [3.63, 3.8) is 0 Å². The van der Waals surface area contributed by atoms with Crippen LogP contribution in [0.25, 0.3) is 0 Å². The van der Waals surface area contributed by atoms with Gasteiger partial charge in [0.25, 0.3) is 0 Å². The van der Waals surface area contributed by atoms with Crippen LogP contribution in [-0.2, 0) is 6.42 Å². The van der Waals surface area contributed by atoms with Crippen LogP contribution in [0.2, 0.25) is 0 Å². The van der Waals surface area contributed by atoms with E-state index in [9.17, 15) is 5.11 Å². The van der Waals surface area contributed by atoms with Gasteiger partial charge in [0.05, 0.1) is 0 Å². The Balaban J connectivity index is 2.06. The first-order valence-corrected chi connectivity index (χ1v) is 5.75. The highest BCUT2D eigenvalue weighted by Crippen LogP contribution is 2.24. The first-order valence-electron chi connectivity index (χ1n) is 5.75. The molecule has 2 rings (SSSR count). The number of rotatable bonds is 2. The van der Waals surface area contributed by atoms with Crippen molar-refractivity contribution in [2.75, 3.05) is 13.1 Å². The Bertz CT molecular complexity index is 329. The Hall–Kier alpha value is -1.02. The summed E-state index contributed by atoms with van der Waals surface area (Å²) in [5.74, 6) is 1.16. The molecule has 1 aliphatic rings. The largest absolute Gasteiger partial charge is 0.508 e. The Morgan fingerprint density at radius 3 is 3.07 bits per heavy atom. The van der Waals surface area contributed by atoms with Crippen LogP contribution >= 0.6 is 0 Å². The summed E-state index contributed by atoms with van der Waals surface area (Å²) >= 11 is 0. The lowest BCUT2D eigenvalue weighted by molar-refractivity contribution is 0.375. The van der Waals surface area contributed by atoms with E-state index in [4.69, 9.17) is 0 Å². The molecule has 1 aliphatic heterocycles. The van der Waals surface area contributed by atoms with Crippen LogP contribution in [0, 0.1) is 12.8 Å². The zero-order chi connectivity index (χ0) is 10.7. The van der Waals surface area contributed by atoms with Gasteiger partial charge in [-0.3, -0.25) is 0 Å². The lowest BCUT2D eigenvalue weighted by atomic mass is 9.90. The van der Waals surface area contributed by atoms with E-state index in [0.717, 1.165) is 31.0 Å². The van der Waals surface area contributed by atoms with Crippen molar-refractivity contribution in [1.29, 1.82) is 0 Å². The van der Waals surface area contributed by atoms with E-state index in [1.54, 1.807) is 6.07 Å². The van der Waals surface area contributed by atoms with Gasteiger partial charge in [-0.1, -0.05) is 12.1 Å². The van der Waals surface area contributed by atoms with Crippen molar-refractivity contribution in [2.45, 2.75) is 26.2 Å². The minimum atomic E-state index is 0.427. The summed E-state index contributed by atoms with van der Waals surface area (Å²) in [6, 6.07) is 5.83. The number of aromatic hydroxyl groups is 1. The lowest BCUT2D eigenvalue weighted by Gasteiger charge is -2.23. The van der Waals surface area contributed by atoms with Crippen molar-refractivity contribution < 1.29 is 5.11 Å². The second-order valence-electron chi connectivity index (χ2n) is 4.48. The maximum Gasteiger partial charge on any atom is 0.118 e. The third-order valence-electron chi connectivity index (χ3n) is 3.32. The number of hydrogen-bond donors (Lipinski definition) is 2. The minimum Gasteiger partial charge on any atom is -0.508 e. The predicted molar refractivity (Wildman–Crippen MR) is 62.1 cm³/mol. The molecule has 1 fully saturated rings. The van der Waals surface area contributed by atoms with Crippen molar-refractivity contribution in [2.24, 2.45) is 5.92 Å². The van der Waals surface area contributed by atoms with E-state index >= 15 is 0 Å². The summed E-state index contributed by atoms with van der Waals surface area (Å²) in [5.41, 5.74) is 2.34. The smallest absolute Gasteiger partial charge is 0.118 e. The Labute approximate surface area is 91.3 Å². The topological polar surface area (TPSA) is 32.3 Å². The number of hydrogen-bond acceptors (Lipinski definition) is 2. The van der Waals surface area contributed by atoms with Crippen molar-refractivity contribution in [3.05, 3.63) is 29.3 Å². The van der Waals surface area contributed by atoms with Gasteiger partial charge in [0.15, 0.2) is 0 Å². The van der Waals surface area contributed by atoms with Gasteiger partial charge in [-0.05, 0) is 62.4 Å². The van der Waals surface area contributed by atoms with Crippen molar-refractivity contribution >= 4 is 0 Å². The number of nitrogens with one attached hydrogen (secondary N) is 1. The van der Waals surface area contributed by atoms with Crippen LogP contribution in [-0.4, -0.2) is 18.2 Å². The standard InChI is InChI=1S/C13H19NO/c1-10-12(5-2-6-13(10)15)8-11-4-3-7-14-9-11/h2,5-6,11,14-15H,3-4,7-9H2,1H3. The molecule has 1 aromatic rings. The van der Waals surface area contributed by atoms with Gasteiger partial charge in [0.1, 0.15) is 5.75 Å². The Morgan fingerprint density at radius 2 is 2.33 bits per heavy atom. The number of benzene rings is 1. The molecule has 82 valence electrons. The van der Waals surface area contributed by atoms with E-state index in [-0.39, 0.29) is 0 Å². The molecule has 0 bridgehead atoms. The molecule has 1 aromatic carbocycles. The quantitative estimate of drug-likeness (QED) is 0.776. The summed E-state index contributed by atoms with van der Waals surface area (Å²) in [4.78, 5) is 0. The van der Waals surface area contributed by atoms with Gasteiger partial charge in [-0.2, -0.15) is 0 Å². The van der Waals surface area contributed by atoms with Crippen LogP contribution in [0.5, 0.6) is 5.75 Å². The molecule has 2 nitrogen and oxygen atoms in total. The molecule has 15 heavy (non-hydrogen) atoms. The predicted octanol–water partition coefficient (Wildman–Crippen LogP) is 2.24. The summed E-state index contributed by atoms with van der Waals surface area (Å²) in [6.07, 6.45) is 3.68. The highest BCUT2D eigenvalue weighted by molar-refractivity contribution is 5.38. The second-order valence-corrected chi connectivity index (χ2v) is 4.48. The molecular weight excluding hydrogens is 186 g/mol. The van der Waals surface area contributed by atoms with E-state index in [0.29, 0.717) is 5.75 Å². The lowest BCUT2D eigenvalue weighted by Crippen LogP contribution is -2.30. The van der Waals surface area contributed by atoms with Crippen molar-refractivity contribution in [3.8, 4) is 5.75 Å². The fourth-order valence-corrected chi connectivity index (χ4v) is 2.30. The van der Waals surface area contributed by atoms with E-state index in [2.05, 4.69) is 11.4 Å². The second kappa shape index (κ2) is 4.67. The Morgan fingerprint density at radius 1 is 1.47 bits per heavy atom. The number of piperidine rings is 1. The van der Waals surface area contributed by atoms with E-state index in [1.807, 2.05) is 13.0 Å². The molecule has 0 aromatic heterocycles. The van der Waals surface area contributed by atoms with Crippen LogP contribution in [0.3, 0.4) is 0 Å². The van der Waals surface area contributed by atoms with Gasteiger partial charge in [-0.25, -0.2) is 0 Å². The zero-order valence-electron chi connectivity index (χ0n) is 9.29. The Kier molecular flexibility index (Phi) is 3.27. The average Bonchev–Trinajstić information content (AvgIpc) is 2.26. The van der Waals surface area contributed by atoms with Gasteiger partial charge < -0.3 is 10.4 Å². The van der Waals surface area contributed by atoms with Gasteiger partial charge in [0.2, 0.25) is 0 Å². The fraction of sp³-hybridized carbons (Fsp3) is 0.538. The van der Waals surface area contributed by atoms with Gasteiger partial charge >= 0.3 is 0 Å². The monoisotopic (exact) mass is 205 g/mol. The number of phenols is 1. The number of phenolic OH excluding ortho intramolecular Hbond substituents is 1. The van der Waals surface area contributed by atoms with Gasteiger partial charge in [0, 0.05) is 0 Å². The molecule has 2 heteroatoms. The molecule has 1 atom stereocenters. The molecule has 1 unspecified atom stereocenters. The summed E-state index contributed by atoms with van der Waals surface area (Å²) in [5, 5.41) is 13.0. The molecule has 0 amide bonds. The average molecular weight is 205 g/mol. The summed E-state index contributed by atoms with van der Waals surface area (Å²) in [6.45, 7) is 4.28. The molecule has 1 heterocycles. The third-order valence-corrected chi connectivity index (χ3v) is 3.32. The molecular formula is C13H19NO. The normalized spacial score (nSPS) is 21.5. The maximum absolute atomic E-state index is 9.61. The van der Waals surface area contributed by atoms with Crippen molar-refractivity contribution in [1.82, 2.24) is 5.32 Å². The van der Waals surface area contributed by atoms with Gasteiger partial charge in [-0.15, -0.1) is 0 Å². The molecule has 0 radical (unpaired) electrons. The van der Waals surface area contributed by atoms with E-state index < -0.39 is 0 Å². The third kappa shape index (κ3) is 2.51. The minimum absolute atomic E-state index is 0.427. The molecule has 0 saturated carbocycles. The highest BCUT2D eigenvalue weighted by Gasteiger charge is 2.14. The maximum atomic E-state index is 9.61. The van der Waals surface area contributed by atoms with Crippen LogP contribution in [0.15, 0.2) is 18.2 Å². The van der Waals surface area contributed by atoms with Crippen LogP contribution in [0.4, 0.5) is 0 Å². The fourth-order valence-electron chi connectivity index (χ4n) is 2.30. The zero-order valence-corrected chi connectivity index (χ0v) is 9.29. The molecule has 2 N–H and O–H groups in total.